The molecular weight excluding hydrogens is 220 g/mol. The van der Waals surface area contributed by atoms with Crippen molar-refractivity contribution >= 4 is 0 Å². The fourth-order valence-electron chi connectivity index (χ4n) is 3.22. The minimum atomic E-state index is 0.771. The minimum absolute atomic E-state index is 0.771. The number of hydrogen-bond donors (Lipinski definition) is 1. The summed E-state index contributed by atoms with van der Waals surface area (Å²) in [5.41, 5.74) is 0. The van der Waals surface area contributed by atoms with Gasteiger partial charge in [-0.15, -0.1) is 0 Å². The number of rotatable bonds is 6. The van der Waals surface area contributed by atoms with E-state index in [9.17, 15) is 0 Å². The monoisotopic (exact) mass is 254 g/mol. The first kappa shape index (κ1) is 16.0. The molecule has 18 heavy (non-hydrogen) atoms. The van der Waals surface area contributed by atoms with E-state index in [1.807, 2.05) is 0 Å². The highest BCUT2D eigenvalue weighted by molar-refractivity contribution is 4.81. The quantitative estimate of drug-likeness (QED) is 0.780. The van der Waals surface area contributed by atoms with Gasteiger partial charge in [-0.3, -0.25) is 0 Å². The fourth-order valence-corrected chi connectivity index (χ4v) is 3.22. The molecule has 1 aliphatic heterocycles. The summed E-state index contributed by atoms with van der Waals surface area (Å²) >= 11 is 0. The van der Waals surface area contributed by atoms with Crippen molar-refractivity contribution in [3.8, 4) is 0 Å². The van der Waals surface area contributed by atoms with Gasteiger partial charge in [-0.05, 0) is 64.1 Å². The maximum absolute atomic E-state index is 3.53. The highest BCUT2D eigenvalue weighted by Crippen LogP contribution is 2.23. The molecule has 0 radical (unpaired) electrons. The van der Waals surface area contributed by atoms with Crippen molar-refractivity contribution in [1.29, 1.82) is 0 Å². The Morgan fingerprint density at radius 1 is 1.00 bits per heavy atom. The number of hydrogen-bond acceptors (Lipinski definition) is 2. The summed E-state index contributed by atoms with van der Waals surface area (Å²) < 4.78 is 0. The molecule has 0 bridgehead atoms. The highest BCUT2D eigenvalue weighted by Gasteiger charge is 2.24. The Bertz CT molecular complexity index is 195. The second-order valence-corrected chi connectivity index (χ2v) is 6.91. The van der Waals surface area contributed by atoms with Gasteiger partial charge < -0.3 is 10.2 Å². The van der Waals surface area contributed by atoms with Gasteiger partial charge in [-0.2, -0.15) is 0 Å². The van der Waals surface area contributed by atoms with Crippen molar-refractivity contribution in [2.75, 3.05) is 20.1 Å². The van der Waals surface area contributed by atoms with E-state index in [0.29, 0.717) is 0 Å². The Kier molecular flexibility index (Phi) is 7.25. The SMILES string of the molecule is CC(C)CC(CC(C)C)N(C)C1CCCNCC1. The number of nitrogens with zero attached hydrogens (tertiary/aromatic N) is 1. The van der Waals surface area contributed by atoms with Crippen LogP contribution in [0.25, 0.3) is 0 Å². The summed E-state index contributed by atoms with van der Waals surface area (Å²) in [6.07, 6.45) is 6.72. The third-order valence-electron chi connectivity index (χ3n) is 4.18. The molecule has 108 valence electrons. The Labute approximate surface area is 115 Å². The summed E-state index contributed by atoms with van der Waals surface area (Å²) in [6.45, 7) is 11.8. The van der Waals surface area contributed by atoms with Crippen LogP contribution >= 0.6 is 0 Å². The molecule has 0 saturated carbocycles. The Morgan fingerprint density at radius 2 is 1.61 bits per heavy atom. The van der Waals surface area contributed by atoms with Crippen molar-refractivity contribution in [2.24, 2.45) is 11.8 Å². The molecule has 0 aromatic carbocycles. The maximum Gasteiger partial charge on any atom is 0.0108 e. The third-order valence-corrected chi connectivity index (χ3v) is 4.18. The predicted octanol–water partition coefficient (Wildman–Crippen LogP) is 3.52. The molecule has 0 spiro atoms. The minimum Gasteiger partial charge on any atom is -0.317 e. The van der Waals surface area contributed by atoms with Crippen LogP contribution in [0.1, 0.15) is 59.8 Å². The maximum atomic E-state index is 3.53. The zero-order valence-electron chi connectivity index (χ0n) is 13.2. The van der Waals surface area contributed by atoms with E-state index in [4.69, 9.17) is 0 Å². The van der Waals surface area contributed by atoms with Gasteiger partial charge in [0.25, 0.3) is 0 Å². The first-order valence-electron chi connectivity index (χ1n) is 7.93. The summed E-state index contributed by atoms with van der Waals surface area (Å²) in [4.78, 5) is 2.70. The van der Waals surface area contributed by atoms with E-state index in [0.717, 1.165) is 23.9 Å². The average molecular weight is 254 g/mol. The van der Waals surface area contributed by atoms with Crippen LogP contribution < -0.4 is 5.32 Å². The molecule has 1 heterocycles. The molecule has 0 amide bonds. The van der Waals surface area contributed by atoms with Gasteiger partial charge in [0, 0.05) is 12.1 Å². The van der Waals surface area contributed by atoms with Gasteiger partial charge in [-0.1, -0.05) is 27.7 Å². The van der Waals surface area contributed by atoms with E-state index in [1.165, 1.54) is 45.2 Å². The van der Waals surface area contributed by atoms with Crippen molar-refractivity contribution < 1.29 is 0 Å². The van der Waals surface area contributed by atoms with Crippen LogP contribution in [0.3, 0.4) is 0 Å². The predicted molar refractivity (Wildman–Crippen MR) is 81.0 cm³/mol. The first-order valence-corrected chi connectivity index (χ1v) is 7.93. The first-order chi connectivity index (χ1) is 8.50. The van der Waals surface area contributed by atoms with E-state index < -0.39 is 0 Å². The largest absolute Gasteiger partial charge is 0.317 e. The molecule has 0 aliphatic carbocycles. The van der Waals surface area contributed by atoms with Crippen molar-refractivity contribution in [2.45, 2.75) is 71.9 Å². The molecule has 1 unspecified atom stereocenters. The van der Waals surface area contributed by atoms with Crippen LogP contribution in [0.2, 0.25) is 0 Å². The highest BCUT2D eigenvalue weighted by atomic mass is 15.2. The van der Waals surface area contributed by atoms with Gasteiger partial charge in [-0.25, -0.2) is 0 Å². The second-order valence-electron chi connectivity index (χ2n) is 6.91. The van der Waals surface area contributed by atoms with Gasteiger partial charge in [0.2, 0.25) is 0 Å². The van der Waals surface area contributed by atoms with E-state index >= 15 is 0 Å². The number of nitrogens with one attached hydrogen (secondary N) is 1. The summed E-state index contributed by atoms with van der Waals surface area (Å²) in [5, 5.41) is 3.53. The van der Waals surface area contributed by atoms with Crippen LogP contribution in [0, 0.1) is 11.8 Å². The molecule has 2 heteroatoms. The lowest BCUT2D eigenvalue weighted by Gasteiger charge is -2.36. The molecule has 2 nitrogen and oxygen atoms in total. The van der Waals surface area contributed by atoms with Gasteiger partial charge >= 0.3 is 0 Å². The molecule has 1 rings (SSSR count). The van der Waals surface area contributed by atoms with Crippen molar-refractivity contribution in [1.82, 2.24) is 10.2 Å². The van der Waals surface area contributed by atoms with Crippen LogP contribution in [0.15, 0.2) is 0 Å². The summed E-state index contributed by atoms with van der Waals surface area (Å²) in [7, 11) is 2.37. The molecule has 0 aromatic rings. The van der Waals surface area contributed by atoms with Gasteiger partial charge in [0.15, 0.2) is 0 Å². The zero-order valence-corrected chi connectivity index (χ0v) is 13.2. The smallest absolute Gasteiger partial charge is 0.0108 e. The summed E-state index contributed by atoms with van der Waals surface area (Å²) in [6, 6.07) is 1.57. The summed E-state index contributed by atoms with van der Waals surface area (Å²) in [5.74, 6) is 1.61. The normalized spacial score (nSPS) is 22.2. The van der Waals surface area contributed by atoms with Crippen LogP contribution in [0.4, 0.5) is 0 Å². The van der Waals surface area contributed by atoms with E-state index in [1.54, 1.807) is 0 Å². The second kappa shape index (κ2) is 8.16. The van der Waals surface area contributed by atoms with Crippen molar-refractivity contribution in [3.05, 3.63) is 0 Å². The lowest BCUT2D eigenvalue weighted by molar-refractivity contribution is 0.124. The van der Waals surface area contributed by atoms with E-state index in [-0.39, 0.29) is 0 Å². The topological polar surface area (TPSA) is 15.3 Å². The molecular formula is C16H34N2. The molecule has 1 aliphatic rings. The van der Waals surface area contributed by atoms with Crippen LogP contribution in [-0.2, 0) is 0 Å². The standard InChI is InChI=1S/C16H34N2/c1-13(2)11-16(12-14(3)4)18(5)15-7-6-9-17-10-8-15/h13-17H,6-12H2,1-5H3. The van der Waals surface area contributed by atoms with E-state index in [2.05, 4.69) is 45.0 Å². The Hall–Kier alpha value is -0.0800. The van der Waals surface area contributed by atoms with Gasteiger partial charge in [0.1, 0.15) is 0 Å². The lowest BCUT2D eigenvalue weighted by Crippen LogP contribution is -2.42. The fraction of sp³-hybridized carbons (Fsp3) is 1.00. The van der Waals surface area contributed by atoms with Crippen LogP contribution in [0.5, 0.6) is 0 Å². The molecule has 1 N–H and O–H groups in total. The molecule has 1 fully saturated rings. The van der Waals surface area contributed by atoms with Crippen molar-refractivity contribution in [3.63, 3.8) is 0 Å². The Morgan fingerprint density at radius 3 is 2.17 bits per heavy atom. The zero-order chi connectivity index (χ0) is 13.5. The Balaban J connectivity index is 2.57. The third kappa shape index (κ3) is 5.71. The van der Waals surface area contributed by atoms with Crippen LogP contribution in [-0.4, -0.2) is 37.1 Å². The lowest BCUT2D eigenvalue weighted by atomic mass is 9.92. The average Bonchev–Trinajstić information content (AvgIpc) is 2.54. The molecule has 1 atom stereocenters. The molecule has 1 saturated heterocycles. The molecule has 0 aromatic heterocycles. The van der Waals surface area contributed by atoms with Gasteiger partial charge in [0.05, 0.1) is 0 Å².